The predicted octanol–water partition coefficient (Wildman–Crippen LogP) is 2.58. The van der Waals surface area contributed by atoms with Crippen LogP contribution >= 0.6 is 27.3 Å². The summed E-state index contributed by atoms with van der Waals surface area (Å²) in [5, 5.41) is 3.84. The Morgan fingerprint density at radius 2 is 2.36 bits per heavy atom. The van der Waals surface area contributed by atoms with Crippen LogP contribution in [-0.2, 0) is 0 Å². The lowest BCUT2D eigenvalue weighted by Gasteiger charge is -1.92. The number of rotatable bonds is 2. The van der Waals surface area contributed by atoms with E-state index in [1.54, 1.807) is 11.3 Å². The Morgan fingerprint density at radius 3 is 2.86 bits per heavy atom. The Labute approximate surface area is 93.3 Å². The molecule has 2 heterocycles. The van der Waals surface area contributed by atoms with Gasteiger partial charge in [0, 0.05) is 0 Å². The average molecular weight is 274 g/mol. The number of aromatic nitrogens is 2. The van der Waals surface area contributed by atoms with E-state index in [4.69, 9.17) is 10.3 Å². The molecule has 0 radical (unpaired) electrons. The van der Waals surface area contributed by atoms with Gasteiger partial charge < -0.3 is 10.3 Å². The summed E-state index contributed by atoms with van der Waals surface area (Å²) in [6.45, 7) is 1.81. The van der Waals surface area contributed by atoms with Gasteiger partial charge in [-0.2, -0.15) is 4.98 Å². The quantitative estimate of drug-likeness (QED) is 0.914. The number of hydrogen-bond donors (Lipinski definition) is 1. The molecular formula is C8H8BrN3OS. The van der Waals surface area contributed by atoms with E-state index >= 15 is 0 Å². The van der Waals surface area contributed by atoms with Gasteiger partial charge in [0.15, 0.2) is 0 Å². The number of thiophene rings is 1. The molecule has 0 aliphatic rings. The predicted molar refractivity (Wildman–Crippen MR) is 57.9 cm³/mol. The molecule has 2 N–H and O–H groups in total. The van der Waals surface area contributed by atoms with Crippen molar-refractivity contribution >= 4 is 27.3 Å². The van der Waals surface area contributed by atoms with Crippen LogP contribution in [0.1, 0.15) is 18.9 Å². The second kappa shape index (κ2) is 3.80. The van der Waals surface area contributed by atoms with Crippen LogP contribution in [0, 0.1) is 0 Å². The van der Waals surface area contributed by atoms with Gasteiger partial charge in [-0.25, -0.2) is 0 Å². The summed E-state index contributed by atoms with van der Waals surface area (Å²) in [6.07, 6.45) is 0. The molecule has 2 aromatic heterocycles. The third-order valence-corrected chi connectivity index (χ3v) is 3.24. The first-order valence-electron chi connectivity index (χ1n) is 4.01. The fourth-order valence-corrected chi connectivity index (χ4v) is 2.27. The second-order valence-electron chi connectivity index (χ2n) is 2.85. The molecular weight excluding hydrogens is 266 g/mol. The van der Waals surface area contributed by atoms with E-state index in [0.29, 0.717) is 11.7 Å². The minimum absolute atomic E-state index is 0.223. The highest BCUT2D eigenvalue weighted by Gasteiger charge is 2.12. The van der Waals surface area contributed by atoms with Crippen molar-refractivity contribution in [2.45, 2.75) is 13.0 Å². The lowest BCUT2D eigenvalue weighted by atomic mass is 10.4. The molecule has 0 unspecified atom stereocenters. The lowest BCUT2D eigenvalue weighted by Crippen LogP contribution is -2.04. The summed E-state index contributed by atoms with van der Waals surface area (Å²) in [4.78, 5) is 5.15. The Hall–Kier alpha value is -0.720. The summed E-state index contributed by atoms with van der Waals surface area (Å²) in [5.74, 6) is 1.05. The Bertz CT molecular complexity index is 437. The van der Waals surface area contributed by atoms with Crippen molar-refractivity contribution in [2.24, 2.45) is 5.73 Å². The van der Waals surface area contributed by atoms with Gasteiger partial charge >= 0.3 is 0 Å². The van der Waals surface area contributed by atoms with Gasteiger partial charge in [-0.05, 0) is 35.0 Å². The smallest absolute Gasteiger partial charge is 0.243 e. The molecule has 2 aromatic rings. The summed E-state index contributed by atoms with van der Waals surface area (Å²) in [5.41, 5.74) is 5.61. The molecule has 1 atom stereocenters. The van der Waals surface area contributed by atoms with Gasteiger partial charge in [0.05, 0.1) is 14.7 Å². The van der Waals surface area contributed by atoms with Crippen molar-refractivity contribution in [3.8, 4) is 10.7 Å². The van der Waals surface area contributed by atoms with E-state index in [-0.39, 0.29) is 6.04 Å². The first-order chi connectivity index (χ1) is 6.66. The first-order valence-corrected chi connectivity index (χ1v) is 5.62. The topological polar surface area (TPSA) is 64.9 Å². The highest BCUT2D eigenvalue weighted by atomic mass is 79.9. The van der Waals surface area contributed by atoms with Crippen molar-refractivity contribution in [3.05, 3.63) is 21.8 Å². The van der Waals surface area contributed by atoms with Gasteiger partial charge in [0.1, 0.15) is 0 Å². The van der Waals surface area contributed by atoms with Crippen LogP contribution in [0.15, 0.2) is 20.4 Å². The maximum Gasteiger partial charge on any atom is 0.243 e. The van der Waals surface area contributed by atoms with Crippen molar-refractivity contribution < 1.29 is 4.52 Å². The van der Waals surface area contributed by atoms with Crippen LogP contribution < -0.4 is 5.73 Å². The van der Waals surface area contributed by atoms with Gasteiger partial charge in [-0.15, -0.1) is 11.3 Å². The maximum atomic E-state index is 5.61. The summed E-state index contributed by atoms with van der Waals surface area (Å²) in [7, 11) is 0. The molecule has 0 aliphatic heterocycles. The van der Waals surface area contributed by atoms with Gasteiger partial charge in [-0.3, -0.25) is 0 Å². The minimum Gasteiger partial charge on any atom is -0.337 e. The molecule has 14 heavy (non-hydrogen) atoms. The molecule has 0 saturated heterocycles. The van der Waals surface area contributed by atoms with Crippen LogP contribution in [-0.4, -0.2) is 10.1 Å². The molecule has 0 saturated carbocycles. The van der Waals surface area contributed by atoms with E-state index in [1.165, 1.54) is 0 Å². The van der Waals surface area contributed by atoms with Crippen LogP contribution in [0.5, 0.6) is 0 Å². The molecule has 0 spiro atoms. The van der Waals surface area contributed by atoms with Crippen molar-refractivity contribution in [3.63, 3.8) is 0 Å². The molecule has 0 amide bonds. The van der Waals surface area contributed by atoms with Crippen molar-refractivity contribution in [1.82, 2.24) is 10.1 Å². The van der Waals surface area contributed by atoms with Crippen LogP contribution in [0.2, 0.25) is 0 Å². The van der Waals surface area contributed by atoms with E-state index in [9.17, 15) is 0 Å². The van der Waals surface area contributed by atoms with Crippen LogP contribution in [0.25, 0.3) is 10.7 Å². The van der Waals surface area contributed by atoms with E-state index < -0.39 is 0 Å². The Morgan fingerprint density at radius 1 is 1.57 bits per heavy atom. The standard InChI is InChI=1S/C8H8BrN3OS/c1-4(10)8-11-7(12-13-8)5-2-3-6(9)14-5/h2-4H,10H2,1H3/t4-/m1/s1. The monoisotopic (exact) mass is 273 g/mol. The van der Waals surface area contributed by atoms with Gasteiger partial charge in [-0.1, -0.05) is 5.16 Å². The largest absolute Gasteiger partial charge is 0.337 e. The number of nitrogens with two attached hydrogens (primary N) is 1. The maximum absolute atomic E-state index is 5.61. The van der Waals surface area contributed by atoms with Gasteiger partial charge in [0.2, 0.25) is 11.7 Å². The zero-order valence-corrected chi connectivity index (χ0v) is 9.80. The molecule has 0 fully saturated rings. The van der Waals surface area contributed by atoms with Crippen LogP contribution in [0.3, 0.4) is 0 Å². The molecule has 6 heteroatoms. The third-order valence-electron chi connectivity index (χ3n) is 1.62. The summed E-state index contributed by atoms with van der Waals surface area (Å²) < 4.78 is 6.04. The highest BCUT2D eigenvalue weighted by molar-refractivity contribution is 9.11. The lowest BCUT2D eigenvalue weighted by molar-refractivity contribution is 0.362. The minimum atomic E-state index is -0.223. The molecule has 0 aliphatic carbocycles. The summed E-state index contributed by atoms with van der Waals surface area (Å²) >= 11 is 4.93. The average Bonchev–Trinajstić information content (AvgIpc) is 2.70. The molecule has 0 aromatic carbocycles. The molecule has 2 rings (SSSR count). The number of hydrogen-bond acceptors (Lipinski definition) is 5. The molecule has 4 nitrogen and oxygen atoms in total. The van der Waals surface area contributed by atoms with E-state index in [0.717, 1.165) is 8.66 Å². The fraction of sp³-hybridized carbons (Fsp3) is 0.250. The molecule has 74 valence electrons. The number of nitrogens with zero attached hydrogens (tertiary/aromatic N) is 2. The Balaban J connectivity index is 2.33. The van der Waals surface area contributed by atoms with E-state index in [2.05, 4.69) is 26.1 Å². The first kappa shape index (κ1) is 9.82. The van der Waals surface area contributed by atoms with Crippen LogP contribution in [0.4, 0.5) is 0 Å². The fourth-order valence-electron chi connectivity index (χ4n) is 0.955. The molecule has 0 bridgehead atoms. The van der Waals surface area contributed by atoms with E-state index in [1.807, 2.05) is 19.1 Å². The highest BCUT2D eigenvalue weighted by Crippen LogP contribution is 2.29. The van der Waals surface area contributed by atoms with Crippen molar-refractivity contribution in [2.75, 3.05) is 0 Å². The zero-order valence-electron chi connectivity index (χ0n) is 7.40. The Kier molecular flexibility index (Phi) is 2.66. The third kappa shape index (κ3) is 1.87. The second-order valence-corrected chi connectivity index (χ2v) is 5.31. The zero-order chi connectivity index (χ0) is 10.1. The SMILES string of the molecule is C[C@@H](N)c1nc(-c2ccc(Br)s2)no1. The van der Waals surface area contributed by atoms with Gasteiger partial charge in [0.25, 0.3) is 0 Å². The summed E-state index contributed by atoms with van der Waals surface area (Å²) in [6, 6.07) is 3.66. The normalized spacial score (nSPS) is 13.1. The van der Waals surface area contributed by atoms with Crippen molar-refractivity contribution in [1.29, 1.82) is 0 Å². The number of halogens is 1.